The van der Waals surface area contributed by atoms with Crippen molar-refractivity contribution in [2.24, 2.45) is 5.92 Å². The molecule has 2 aliphatic heterocycles. The molecule has 0 spiro atoms. The van der Waals surface area contributed by atoms with Gasteiger partial charge in [-0.25, -0.2) is 0 Å². The molecular formula is C23H48N4. The van der Waals surface area contributed by atoms with E-state index in [0.717, 1.165) is 12.0 Å². The topological polar surface area (TPSA) is 13.0 Å². The lowest BCUT2D eigenvalue weighted by Crippen LogP contribution is -2.52. The van der Waals surface area contributed by atoms with Crippen LogP contribution in [0.15, 0.2) is 0 Å². The molecule has 0 N–H and O–H groups in total. The van der Waals surface area contributed by atoms with Crippen molar-refractivity contribution in [1.82, 2.24) is 19.6 Å². The van der Waals surface area contributed by atoms with E-state index in [2.05, 4.69) is 75.4 Å². The van der Waals surface area contributed by atoms with Gasteiger partial charge in [0.15, 0.2) is 0 Å². The van der Waals surface area contributed by atoms with E-state index in [0.29, 0.717) is 11.1 Å². The Balaban J connectivity index is 1.70. The van der Waals surface area contributed by atoms with Crippen LogP contribution in [0.2, 0.25) is 0 Å². The Morgan fingerprint density at radius 3 is 1.78 bits per heavy atom. The third-order valence-electron chi connectivity index (χ3n) is 7.29. The third-order valence-corrected chi connectivity index (χ3v) is 7.29. The minimum absolute atomic E-state index is 0.321. The van der Waals surface area contributed by atoms with Crippen molar-refractivity contribution in [1.29, 1.82) is 0 Å². The predicted molar refractivity (Wildman–Crippen MR) is 119 cm³/mol. The first kappa shape index (κ1) is 23.1. The smallest absolute Gasteiger partial charge is 0.0165 e. The van der Waals surface area contributed by atoms with E-state index in [9.17, 15) is 0 Å². The first-order valence-corrected chi connectivity index (χ1v) is 11.3. The molecule has 2 heterocycles. The summed E-state index contributed by atoms with van der Waals surface area (Å²) in [7, 11) is 6.79. The fourth-order valence-electron chi connectivity index (χ4n) is 4.93. The zero-order valence-corrected chi connectivity index (χ0v) is 19.7. The summed E-state index contributed by atoms with van der Waals surface area (Å²) < 4.78 is 0. The molecule has 0 amide bonds. The van der Waals surface area contributed by atoms with E-state index in [4.69, 9.17) is 0 Å². The number of piperidine rings is 2. The van der Waals surface area contributed by atoms with Gasteiger partial charge < -0.3 is 9.80 Å². The van der Waals surface area contributed by atoms with Gasteiger partial charge in [-0.2, -0.15) is 0 Å². The summed E-state index contributed by atoms with van der Waals surface area (Å²) in [6.07, 6.45) is 6.64. The van der Waals surface area contributed by atoms with Crippen LogP contribution >= 0.6 is 0 Å². The first-order valence-electron chi connectivity index (χ1n) is 11.3. The molecule has 0 atom stereocenters. The van der Waals surface area contributed by atoms with Gasteiger partial charge in [0.05, 0.1) is 0 Å². The van der Waals surface area contributed by atoms with Crippen molar-refractivity contribution < 1.29 is 0 Å². The lowest BCUT2D eigenvalue weighted by Gasteiger charge is -2.45. The van der Waals surface area contributed by atoms with Gasteiger partial charge in [-0.05, 0) is 113 Å². The fraction of sp³-hybridized carbons (Fsp3) is 1.00. The molecule has 0 unspecified atom stereocenters. The van der Waals surface area contributed by atoms with E-state index in [1.165, 1.54) is 71.4 Å². The van der Waals surface area contributed by atoms with Crippen molar-refractivity contribution in [2.75, 3.05) is 60.4 Å². The Morgan fingerprint density at radius 1 is 0.778 bits per heavy atom. The van der Waals surface area contributed by atoms with E-state index in [-0.39, 0.29) is 0 Å². The Bertz CT molecular complexity index is 424. The summed E-state index contributed by atoms with van der Waals surface area (Å²) in [6.45, 7) is 19.5. The third kappa shape index (κ3) is 6.99. The van der Waals surface area contributed by atoms with E-state index >= 15 is 0 Å². The van der Waals surface area contributed by atoms with Crippen molar-refractivity contribution in [3.63, 3.8) is 0 Å². The maximum Gasteiger partial charge on any atom is 0.0165 e. The summed E-state index contributed by atoms with van der Waals surface area (Å²) in [4.78, 5) is 10.4. The van der Waals surface area contributed by atoms with Crippen molar-refractivity contribution in [2.45, 2.75) is 83.8 Å². The largest absolute Gasteiger partial charge is 0.306 e. The molecule has 0 radical (unpaired) electrons. The quantitative estimate of drug-likeness (QED) is 0.669. The summed E-state index contributed by atoms with van der Waals surface area (Å²) >= 11 is 0. The van der Waals surface area contributed by atoms with E-state index in [1.807, 2.05) is 0 Å². The Morgan fingerprint density at radius 2 is 1.30 bits per heavy atom. The molecular weight excluding hydrogens is 332 g/mol. The van der Waals surface area contributed by atoms with Gasteiger partial charge in [-0.1, -0.05) is 0 Å². The monoisotopic (exact) mass is 380 g/mol. The van der Waals surface area contributed by atoms with Crippen LogP contribution in [0.5, 0.6) is 0 Å². The average molecular weight is 381 g/mol. The summed E-state index contributed by atoms with van der Waals surface area (Å²) in [5.41, 5.74) is 0.655. The molecule has 0 aliphatic carbocycles. The highest BCUT2D eigenvalue weighted by Crippen LogP contribution is 2.27. The van der Waals surface area contributed by atoms with Crippen LogP contribution in [0.4, 0.5) is 0 Å². The molecule has 0 aromatic rings. The van der Waals surface area contributed by atoms with Crippen LogP contribution in [0.25, 0.3) is 0 Å². The molecule has 0 aromatic heterocycles. The second kappa shape index (κ2) is 9.56. The minimum Gasteiger partial charge on any atom is -0.306 e. The first-order chi connectivity index (χ1) is 12.5. The maximum absolute atomic E-state index is 2.74. The standard InChI is InChI=1S/C23H48N4/c1-22(2,3)26-14-9-20(10-15-26)19-25(8)18-13-23(4,5)27-16-11-21(12-17-27)24(6)7/h20-21H,9-19H2,1-8H3. The highest BCUT2D eigenvalue weighted by Gasteiger charge is 2.32. The molecule has 4 heteroatoms. The van der Waals surface area contributed by atoms with Gasteiger partial charge in [0.2, 0.25) is 0 Å². The van der Waals surface area contributed by atoms with Gasteiger partial charge in [0.1, 0.15) is 0 Å². The van der Waals surface area contributed by atoms with Gasteiger partial charge in [-0.3, -0.25) is 9.80 Å². The van der Waals surface area contributed by atoms with Crippen LogP contribution in [-0.2, 0) is 0 Å². The van der Waals surface area contributed by atoms with Crippen molar-refractivity contribution in [3.05, 3.63) is 0 Å². The molecule has 0 saturated carbocycles. The highest BCUT2D eigenvalue weighted by molar-refractivity contribution is 4.88. The number of nitrogens with zero attached hydrogens (tertiary/aromatic N) is 4. The van der Waals surface area contributed by atoms with Crippen LogP contribution in [0.1, 0.15) is 66.7 Å². The molecule has 27 heavy (non-hydrogen) atoms. The molecule has 2 saturated heterocycles. The molecule has 4 nitrogen and oxygen atoms in total. The second-order valence-corrected chi connectivity index (χ2v) is 11.1. The molecule has 2 rings (SSSR count). The molecule has 0 bridgehead atoms. The minimum atomic E-state index is 0.321. The average Bonchev–Trinajstić information content (AvgIpc) is 2.60. The molecule has 2 aliphatic rings. The normalized spacial score (nSPS) is 22.9. The van der Waals surface area contributed by atoms with Crippen LogP contribution in [-0.4, -0.2) is 97.1 Å². The number of likely N-dealkylation sites (tertiary alicyclic amines) is 2. The van der Waals surface area contributed by atoms with Crippen LogP contribution in [0.3, 0.4) is 0 Å². The SMILES string of the molecule is CN(CCC(C)(C)N1CCC(N(C)C)CC1)CC1CCN(C(C)(C)C)CC1. The Labute approximate surface area is 170 Å². The number of hydrogen-bond acceptors (Lipinski definition) is 4. The summed E-state index contributed by atoms with van der Waals surface area (Å²) in [5.74, 6) is 0.882. The lowest BCUT2D eigenvalue weighted by atomic mass is 9.91. The number of hydrogen-bond donors (Lipinski definition) is 0. The zero-order valence-electron chi connectivity index (χ0n) is 19.7. The molecule has 0 aromatic carbocycles. The van der Waals surface area contributed by atoms with Gasteiger partial charge in [0, 0.05) is 36.8 Å². The highest BCUT2D eigenvalue weighted by atomic mass is 15.2. The summed E-state index contributed by atoms with van der Waals surface area (Å²) in [5, 5.41) is 0. The van der Waals surface area contributed by atoms with E-state index < -0.39 is 0 Å². The fourth-order valence-corrected chi connectivity index (χ4v) is 4.93. The van der Waals surface area contributed by atoms with Crippen LogP contribution in [0, 0.1) is 5.92 Å². The van der Waals surface area contributed by atoms with Gasteiger partial charge in [0.25, 0.3) is 0 Å². The lowest BCUT2D eigenvalue weighted by molar-refractivity contribution is 0.0466. The van der Waals surface area contributed by atoms with Crippen molar-refractivity contribution >= 4 is 0 Å². The molecule has 160 valence electrons. The summed E-state index contributed by atoms with van der Waals surface area (Å²) in [6, 6.07) is 0.777. The van der Waals surface area contributed by atoms with Gasteiger partial charge >= 0.3 is 0 Å². The van der Waals surface area contributed by atoms with Crippen molar-refractivity contribution in [3.8, 4) is 0 Å². The number of rotatable bonds is 7. The van der Waals surface area contributed by atoms with Crippen LogP contribution < -0.4 is 0 Å². The van der Waals surface area contributed by atoms with E-state index in [1.54, 1.807) is 0 Å². The zero-order chi connectivity index (χ0) is 20.2. The Hall–Kier alpha value is -0.160. The Kier molecular flexibility index (Phi) is 8.19. The predicted octanol–water partition coefficient (Wildman–Crippen LogP) is 3.62. The molecule has 2 fully saturated rings. The maximum atomic E-state index is 2.74. The second-order valence-electron chi connectivity index (χ2n) is 11.1. The van der Waals surface area contributed by atoms with Gasteiger partial charge in [-0.15, -0.1) is 0 Å².